The number of hydrogen-bond donors (Lipinski definition) is 1. The van der Waals surface area contributed by atoms with Crippen molar-refractivity contribution in [2.75, 3.05) is 11.9 Å². The Morgan fingerprint density at radius 3 is 2.61 bits per heavy atom. The van der Waals surface area contributed by atoms with E-state index in [4.69, 9.17) is 4.74 Å². The highest BCUT2D eigenvalue weighted by molar-refractivity contribution is 5.97. The van der Waals surface area contributed by atoms with Crippen molar-refractivity contribution in [3.63, 3.8) is 0 Å². The fourth-order valence-corrected chi connectivity index (χ4v) is 4.56. The van der Waals surface area contributed by atoms with Gasteiger partial charge in [-0.1, -0.05) is 55.0 Å². The van der Waals surface area contributed by atoms with E-state index in [1.165, 1.54) is 0 Å². The van der Waals surface area contributed by atoms with Gasteiger partial charge in [-0.25, -0.2) is 9.78 Å². The number of anilines is 1. The number of esters is 1. The molecule has 1 N–H and O–H groups in total. The van der Waals surface area contributed by atoms with Gasteiger partial charge in [0.15, 0.2) is 6.61 Å². The zero-order valence-electron chi connectivity index (χ0n) is 19.9. The van der Waals surface area contributed by atoms with E-state index in [0.717, 1.165) is 42.6 Å². The maximum absolute atomic E-state index is 12.9. The Balaban J connectivity index is 1.26. The Kier molecular flexibility index (Phi) is 6.89. The molecule has 0 unspecified atom stereocenters. The minimum Gasteiger partial charge on any atom is -0.452 e. The Labute approximate surface area is 208 Å². The van der Waals surface area contributed by atoms with E-state index >= 15 is 0 Å². The summed E-state index contributed by atoms with van der Waals surface area (Å²) in [4.78, 5) is 42.8. The Hall–Kier alpha value is -4.26. The summed E-state index contributed by atoms with van der Waals surface area (Å²) in [5.41, 5.74) is 3.43. The smallest absolute Gasteiger partial charge is 0.338 e. The second-order valence-corrected chi connectivity index (χ2v) is 8.97. The molecular formula is C29H27N3O4. The second kappa shape index (κ2) is 10.6. The molecule has 0 saturated carbocycles. The van der Waals surface area contributed by atoms with Crippen LogP contribution in [0.2, 0.25) is 0 Å². The maximum atomic E-state index is 12.9. The normalized spacial score (nSPS) is 13.0. The summed E-state index contributed by atoms with van der Waals surface area (Å²) in [5, 5.41) is 3.32. The van der Waals surface area contributed by atoms with Crippen LogP contribution in [0.25, 0.3) is 10.9 Å². The quantitative estimate of drug-likeness (QED) is 0.409. The van der Waals surface area contributed by atoms with Crippen molar-refractivity contribution in [3.8, 4) is 0 Å². The average molecular weight is 482 g/mol. The van der Waals surface area contributed by atoms with Gasteiger partial charge in [-0.3, -0.25) is 14.2 Å². The van der Waals surface area contributed by atoms with Crippen LogP contribution in [-0.4, -0.2) is 28.0 Å². The number of aromatic nitrogens is 2. The Morgan fingerprint density at radius 2 is 1.75 bits per heavy atom. The summed E-state index contributed by atoms with van der Waals surface area (Å²) in [6, 6.07) is 22.3. The molecular weight excluding hydrogens is 454 g/mol. The molecule has 0 saturated heterocycles. The van der Waals surface area contributed by atoms with Crippen LogP contribution in [0.1, 0.15) is 46.6 Å². The van der Waals surface area contributed by atoms with E-state index < -0.39 is 18.5 Å². The number of carbonyl (C=O) groups excluding carboxylic acids is 2. The molecule has 1 aliphatic rings. The molecule has 3 aromatic carbocycles. The Morgan fingerprint density at radius 1 is 0.944 bits per heavy atom. The van der Waals surface area contributed by atoms with Gasteiger partial charge >= 0.3 is 5.97 Å². The van der Waals surface area contributed by atoms with Crippen molar-refractivity contribution in [2.45, 2.75) is 38.6 Å². The first-order chi connectivity index (χ1) is 17.6. The van der Waals surface area contributed by atoms with Gasteiger partial charge in [0.2, 0.25) is 0 Å². The molecule has 0 bridgehead atoms. The molecule has 2 heterocycles. The molecule has 0 fully saturated rings. The van der Waals surface area contributed by atoms with Crippen LogP contribution in [0.4, 0.5) is 5.69 Å². The first-order valence-electron chi connectivity index (χ1n) is 12.2. The van der Waals surface area contributed by atoms with Crippen molar-refractivity contribution in [3.05, 3.63) is 106 Å². The number of ether oxygens (including phenoxy) is 1. The largest absolute Gasteiger partial charge is 0.452 e. The zero-order valence-corrected chi connectivity index (χ0v) is 19.9. The number of benzene rings is 3. The summed E-state index contributed by atoms with van der Waals surface area (Å²) in [7, 11) is 0. The fourth-order valence-electron chi connectivity index (χ4n) is 4.56. The number of hydrogen-bond acceptors (Lipinski definition) is 5. The second-order valence-electron chi connectivity index (χ2n) is 8.97. The molecule has 36 heavy (non-hydrogen) atoms. The van der Waals surface area contributed by atoms with Gasteiger partial charge in [-0.05, 0) is 54.7 Å². The standard InChI is InChI=1S/C29H27N3O4/c33-27(31-24-12-7-6-11-21(24)17-20-9-3-1-4-10-20)19-36-29(35)22-14-15-23-25(18-22)30-26-13-5-2-8-16-32(26)28(23)34/h1,3-4,6-7,9-12,14-15,18H,2,5,8,13,16-17,19H2,(H,31,33). The van der Waals surface area contributed by atoms with Crippen molar-refractivity contribution in [1.82, 2.24) is 9.55 Å². The number of para-hydroxylation sites is 1. The molecule has 7 nitrogen and oxygen atoms in total. The van der Waals surface area contributed by atoms with Crippen LogP contribution in [0.5, 0.6) is 0 Å². The monoisotopic (exact) mass is 481 g/mol. The van der Waals surface area contributed by atoms with Crippen LogP contribution >= 0.6 is 0 Å². The van der Waals surface area contributed by atoms with Crippen LogP contribution in [0.15, 0.2) is 77.6 Å². The predicted octanol–water partition coefficient (Wildman–Crippen LogP) is 4.51. The molecule has 0 aliphatic carbocycles. The molecule has 1 aliphatic heterocycles. The Bertz CT molecular complexity index is 1480. The molecule has 4 aromatic rings. The minimum absolute atomic E-state index is 0.0784. The molecule has 182 valence electrons. The van der Waals surface area contributed by atoms with Gasteiger partial charge in [0, 0.05) is 18.7 Å². The summed E-state index contributed by atoms with van der Waals surface area (Å²) in [6.45, 7) is 0.251. The lowest BCUT2D eigenvalue weighted by Gasteiger charge is -2.12. The third-order valence-corrected chi connectivity index (χ3v) is 6.42. The lowest BCUT2D eigenvalue weighted by Crippen LogP contribution is -2.25. The number of aryl methyl sites for hydroxylation is 1. The lowest BCUT2D eigenvalue weighted by atomic mass is 10.0. The highest BCUT2D eigenvalue weighted by Gasteiger charge is 2.17. The van der Waals surface area contributed by atoms with E-state index in [0.29, 0.717) is 29.6 Å². The number of fused-ring (bicyclic) bond motifs is 2. The topological polar surface area (TPSA) is 90.3 Å². The number of nitrogens with one attached hydrogen (secondary N) is 1. The van der Waals surface area contributed by atoms with E-state index in [1.54, 1.807) is 22.8 Å². The van der Waals surface area contributed by atoms with Crippen molar-refractivity contribution in [2.24, 2.45) is 0 Å². The van der Waals surface area contributed by atoms with Gasteiger partial charge < -0.3 is 10.1 Å². The summed E-state index contributed by atoms with van der Waals surface area (Å²) in [5.74, 6) is -0.308. The maximum Gasteiger partial charge on any atom is 0.338 e. The highest BCUT2D eigenvalue weighted by Crippen LogP contribution is 2.20. The van der Waals surface area contributed by atoms with Crippen LogP contribution < -0.4 is 10.9 Å². The van der Waals surface area contributed by atoms with Crippen molar-refractivity contribution < 1.29 is 14.3 Å². The average Bonchev–Trinajstić information content (AvgIpc) is 3.14. The molecule has 7 heteroatoms. The van der Waals surface area contributed by atoms with E-state index in [9.17, 15) is 14.4 Å². The van der Waals surface area contributed by atoms with E-state index in [2.05, 4.69) is 10.3 Å². The molecule has 0 atom stereocenters. The molecule has 1 aromatic heterocycles. The predicted molar refractivity (Wildman–Crippen MR) is 138 cm³/mol. The van der Waals surface area contributed by atoms with Gasteiger partial charge in [0.05, 0.1) is 16.5 Å². The highest BCUT2D eigenvalue weighted by atomic mass is 16.5. The third kappa shape index (κ3) is 5.20. The van der Waals surface area contributed by atoms with Crippen LogP contribution in [0.3, 0.4) is 0 Å². The number of carbonyl (C=O) groups is 2. The first-order valence-corrected chi connectivity index (χ1v) is 12.2. The third-order valence-electron chi connectivity index (χ3n) is 6.42. The van der Waals surface area contributed by atoms with Gasteiger partial charge in [-0.15, -0.1) is 0 Å². The fraction of sp³-hybridized carbons (Fsp3) is 0.241. The number of nitrogens with zero attached hydrogens (tertiary/aromatic N) is 2. The summed E-state index contributed by atoms with van der Waals surface area (Å²) in [6.07, 6.45) is 4.43. The molecule has 0 radical (unpaired) electrons. The van der Waals surface area contributed by atoms with Crippen molar-refractivity contribution >= 4 is 28.5 Å². The lowest BCUT2D eigenvalue weighted by molar-refractivity contribution is -0.119. The van der Waals surface area contributed by atoms with Gasteiger partial charge in [0.25, 0.3) is 11.5 Å². The van der Waals surface area contributed by atoms with Crippen LogP contribution in [-0.2, 0) is 28.9 Å². The van der Waals surface area contributed by atoms with Crippen LogP contribution in [0, 0.1) is 0 Å². The van der Waals surface area contributed by atoms with Gasteiger partial charge in [-0.2, -0.15) is 0 Å². The molecule has 5 rings (SSSR count). The number of rotatable bonds is 6. The van der Waals surface area contributed by atoms with E-state index in [-0.39, 0.29) is 11.1 Å². The zero-order chi connectivity index (χ0) is 24.9. The minimum atomic E-state index is -0.638. The van der Waals surface area contributed by atoms with Gasteiger partial charge in [0.1, 0.15) is 5.82 Å². The first kappa shape index (κ1) is 23.5. The SMILES string of the molecule is O=C(COC(=O)c1ccc2c(=O)n3c(nc2c1)CCCCC3)Nc1ccccc1Cc1ccccc1. The van der Waals surface area contributed by atoms with E-state index in [1.807, 2.05) is 54.6 Å². The molecule has 0 spiro atoms. The summed E-state index contributed by atoms with van der Waals surface area (Å²) >= 11 is 0. The van der Waals surface area contributed by atoms with Crippen molar-refractivity contribution in [1.29, 1.82) is 0 Å². The summed E-state index contributed by atoms with van der Waals surface area (Å²) < 4.78 is 7.01. The number of amides is 1. The molecule has 1 amide bonds.